The minimum atomic E-state index is -0.391. The summed E-state index contributed by atoms with van der Waals surface area (Å²) < 4.78 is 0. The number of carbonyl (C=O) groups is 1. The van der Waals surface area contributed by atoms with Gasteiger partial charge < -0.3 is 10.8 Å². The number of rotatable bonds is 5. The van der Waals surface area contributed by atoms with E-state index in [0.717, 1.165) is 37.7 Å². The monoisotopic (exact) mass is 451 g/mol. The molecule has 3 aliphatic rings. The molecule has 6 unspecified atom stereocenters. The maximum atomic E-state index is 11.6. The van der Waals surface area contributed by atoms with Crippen molar-refractivity contribution in [3.8, 4) is 0 Å². The fourth-order valence-corrected chi connectivity index (χ4v) is 7.62. The number of fused-ring (bicyclic) bond motifs is 5. The number of aliphatic hydroxyl groups is 1. The molecular formula is C28H34ClNO2. The summed E-state index contributed by atoms with van der Waals surface area (Å²) in [5, 5.41) is 11.5. The third kappa shape index (κ3) is 3.68. The van der Waals surface area contributed by atoms with Gasteiger partial charge in [0.05, 0.1) is 6.10 Å². The predicted molar refractivity (Wildman–Crippen MR) is 129 cm³/mol. The molecule has 3 nitrogen and oxygen atoms in total. The molecule has 0 aromatic heterocycles. The Hall–Kier alpha value is -1.84. The molecule has 0 spiro atoms. The summed E-state index contributed by atoms with van der Waals surface area (Å²) >= 11 is 5.97. The van der Waals surface area contributed by atoms with Crippen LogP contribution in [0.2, 0.25) is 0 Å². The van der Waals surface area contributed by atoms with Gasteiger partial charge in [-0.15, -0.1) is 11.6 Å². The molecule has 0 heterocycles. The second-order valence-electron chi connectivity index (χ2n) is 10.6. The van der Waals surface area contributed by atoms with E-state index in [-0.39, 0.29) is 17.4 Å². The molecule has 5 rings (SSSR count). The van der Waals surface area contributed by atoms with Gasteiger partial charge in [-0.2, -0.15) is 0 Å². The summed E-state index contributed by atoms with van der Waals surface area (Å²) in [6, 6.07) is 14.7. The SMILES string of the molecule is CC12CCC3c4ccc(CCCl)cc4CCC3C1CC(Cc1cccc(C(N)=O)c1)C2O. The molecule has 32 heavy (non-hydrogen) atoms. The number of nitrogens with two attached hydrogens (primary N) is 1. The highest BCUT2D eigenvalue weighted by Crippen LogP contribution is 2.62. The van der Waals surface area contributed by atoms with Gasteiger partial charge in [0.2, 0.25) is 5.91 Å². The fraction of sp³-hybridized carbons (Fsp3) is 0.536. The number of amides is 1. The largest absolute Gasteiger partial charge is 0.392 e. The molecule has 2 saturated carbocycles. The molecule has 3 aliphatic carbocycles. The average Bonchev–Trinajstić information content (AvgIpc) is 3.04. The molecule has 2 aromatic carbocycles. The Labute approximate surface area is 196 Å². The maximum absolute atomic E-state index is 11.6. The van der Waals surface area contributed by atoms with Gasteiger partial charge in [0.15, 0.2) is 0 Å². The first kappa shape index (κ1) is 22.0. The van der Waals surface area contributed by atoms with E-state index in [4.69, 9.17) is 17.3 Å². The summed E-state index contributed by atoms with van der Waals surface area (Å²) in [4.78, 5) is 11.6. The molecule has 3 N–H and O–H groups in total. The maximum Gasteiger partial charge on any atom is 0.248 e. The van der Waals surface area contributed by atoms with Crippen LogP contribution < -0.4 is 5.73 Å². The average molecular weight is 452 g/mol. The Morgan fingerprint density at radius 2 is 2.03 bits per heavy atom. The van der Waals surface area contributed by atoms with Crippen LogP contribution in [0.25, 0.3) is 0 Å². The number of alkyl halides is 1. The van der Waals surface area contributed by atoms with Crippen molar-refractivity contribution in [1.82, 2.24) is 0 Å². The number of primary amides is 1. The van der Waals surface area contributed by atoms with E-state index >= 15 is 0 Å². The highest BCUT2D eigenvalue weighted by atomic mass is 35.5. The highest BCUT2D eigenvalue weighted by molar-refractivity contribution is 6.18. The zero-order chi connectivity index (χ0) is 22.5. The molecular weight excluding hydrogens is 418 g/mol. The second kappa shape index (κ2) is 8.50. The zero-order valence-electron chi connectivity index (χ0n) is 18.9. The third-order valence-electron chi connectivity index (χ3n) is 9.00. The minimum Gasteiger partial charge on any atom is -0.392 e. The molecule has 1 amide bonds. The lowest BCUT2D eigenvalue weighted by Crippen LogP contribution is -2.44. The van der Waals surface area contributed by atoms with Gasteiger partial charge in [-0.1, -0.05) is 37.3 Å². The Bertz CT molecular complexity index is 1020. The first-order valence-corrected chi connectivity index (χ1v) is 12.7. The van der Waals surface area contributed by atoms with E-state index in [0.29, 0.717) is 29.2 Å². The Morgan fingerprint density at radius 3 is 2.81 bits per heavy atom. The van der Waals surface area contributed by atoms with Gasteiger partial charge >= 0.3 is 0 Å². The van der Waals surface area contributed by atoms with E-state index in [9.17, 15) is 9.90 Å². The predicted octanol–water partition coefficient (Wildman–Crippen LogP) is 5.25. The van der Waals surface area contributed by atoms with Gasteiger partial charge in [0, 0.05) is 11.4 Å². The molecule has 0 aliphatic heterocycles. The normalized spacial score (nSPS) is 33.3. The smallest absolute Gasteiger partial charge is 0.248 e. The van der Waals surface area contributed by atoms with E-state index in [1.54, 1.807) is 11.6 Å². The second-order valence-corrected chi connectivity index (χ2v) is 11.0. The van der Waals surface area contributed by atoms with E-state index in [1.165, 1.54) is 24.0 Å². The summed E-state index contributed by atoms with van der Waals surface area (Å²) in [6.07, 6.45) is 7.14. The van der Waals surface area contributed by atoms with Crippen molar-refractivity contribution in [2.45, 2.75) is 63.9 Å². The Kier molecular flexibility index (Phi) is 5.84. The van der Waals surface area contributed by atoms with Crippen molar-refractivity contribution < 1.29 is 9.90 Å². The number of benzene rings is 2. The van der Waals surface area contributed by atoms with Crippen LogP contribution in [-0.4, -0.2) is 23.0 Å². The van der Waals surface area contributed by atoms with Crippen molar-refractivity contribution in [2.75, 3.05) is 5.88 Å². The molecule has 2 fully saturated rings. The van der Waals surface area contributed by atoms with Crippen LogP contribution in [0.15, 0.2) is 42.5 Å². The quantitative estimate of drug-likeness (QED) is 0.609. The number of halogens is 1. The topological polar surface area (TPSA) is 63.3 Å². The molecule has 4 heteroatoms. The van der Waals surface area contributed by atoms with Crippen molar-refractivity contribution in [3.63, 3.8) is 0 Å². The first-order valence-electron chi connectivity index (χ1n) is 12.1. The lowest BCUT2D eigenvalue weighted by atomic mass is 9.55. The standard InChI is InChI=1S/C28H34ClNO2/c1-28-11-9-23-22-7-5-17(10-12-29)13-19(22)6-8-24(23)25(28)16-21(26(28)31)15-18-3-2-4-20(14-18)27(30)32/h2-5,7,13-14,21,23-26,31H,6,8-12,15-16H2,1H3,(H2,30,32). The summed E-state index contributed by atoms with van der Waals surface area (Å²) in [7, 11) is 0. The van der Waals surface area contributed by atoms with E-state index in [1.807, 2.05) is 12.1 Å². The van der Waals surface area contributed by atoms with Crippen molar-refractivity contribution in [1.29, 1.82) is 0 Å². The summed E-state index contributed by atoms with van der Waals surface area (Å²) in [5.74, 6) is 2.34. The van der Waals surface area contributed by atoms with Gasteiger partial charge in [-0.25, -0.2) is 0 Å². The molecule has 170 valence electrons. The Morgan fingerprint density at radius 1 is 1.19 bits per heavy atom. The van der Waals surface area contributed by atoms with Gasteiger partial charge in [0.1, 0.15) is 0 Å². The van der Waals surface area contributed by atoms with Gasteiger partial charge in [-0.3, -0.25) is 4.79 Å². The fourth-order valence-electron chi connectivity index (χ4n) is 7.40. The van der Waals surface area contributed by atoms with Gasteiger partial charge in [-0.05, 0) is 108 Å². The van der Waals surface area contributed by atoms with E-state index < -0.39 is 5.91 Å². The number of carbonyl (C=O) groups excluding carboxylic acids is 1. The van der Waals surface area contributed by atoms with Crippen molar-refractivity contribution in [3.05, 3.63) is 70.3 Å². The first-order chi connectivity index (χ1) is 15.4. The van der Waals surface area contributed by atoms with Gasteiger partial charge in [0.25, 0.3) is 0 Å². The lowest BCUT2D eigenvalue weighted by molar-refractivity contribution is -0.0325. The van der Waals surface area contributed by atoms with Crippen LogP contribution in [0.5, 0.6) is 0 Å². The molecule has 6 atom stereocenters. The zero-order valence-corrected chi connectivity index (χ0v) is 19.7. The molecule has 0 saturated heterocycles. The van der Waals surface area contributed by atoms with Crippen LogP contribution in [0, 0.1) is 23.2 Å². The molecule has 0 bridgehead atoms. The van der Waals surface area contributed by atoms with Crippen LogP contribution in [0.3, 0.4) is 0 Å². The number of aliphatic hydroxyl groups excluding tert-OH is 1. The van der Waals surface area contributed by atoms with Crippen LogP contribution >= 0.6 is 11.6 Å². The van der Waals surface area contributed by atoms with E-state index in [2.05, 4.69) is 31.2 Å². The minimum absolute atomic E-state index is 0.0107. The summed E-state index contributed by atoms with van der Waals surface area (Å²) in [5.41, 5.74) is 11.5. The summed E-state index contributed by atoms with van der Waals surface area (Å²) in [6.45, 7) is 2.33. The number of hydrogen-bond donors (Lipinski definition) is 2. The van der Waals surface area contributed by atoms with Crippen LogP contribution in [-0.2, 0) is 19.3 Å². The highest BCUT2D eigenvalue weighted by Gasteiger charge is 2.57. The number of hydrogen-bond acceptors (Lipinski definition) is 2. The third-order valence-corrected chi connectivity index (χ3v) is 9.19. The van der Waals surface area contributed by atoms with Crippen LogP contribution in [0.1, 0.15) is 71.1 Å². The number of aryl methyl sites for hydroxylation is 2. The Balaban J connectivity index is 1.38. The van der Waals surface area contributed by atoms with Crippen LogP contribution in [0.4, 0.5) is 0 Å². The molecule has 2 aromatic rings. The molecule has 0 radical (unpaired) electrons. The van der Waals surface area contributed by atoms with Crippen molar-refractivity contribution in [2.24, 2.45) is 28.9 Å². The lowest BCUT2D eigenvalue weighted by Gasteiger charge is -2.50. The van der Waals surface area contributed by atoms with Crippen molar-refractivity contribution >= 4 is 17.5 Å².